The van der Waals surface area contributed by atoms with E-state index in [4.69, 9.17) is 14.2 Å². The molecular formula is C29H31N3O13. The summed E-state index contributed by atoms with van der Waals surface area (Å²) in [6.07, 6.45) is -1.82. The molecule has 3 rings (SSSR count). The number of aliphatic hydroxyl groups excluding tert-OH is 1. The summed E-state index contributed by atoms with van der Waals surface area (Å²) in [6.45, 7) is 4.04. The fourth-order valence-electron chi connectivity index (χ4n) is 4.71. The van der Waals surface area contributed by atoms with Crippen molar-refractivity contribution in [3.8, 4) is 0 Å². The predicted molar refractivity (Wildman–Crippen MR) is 152 cm³/mol. The highest BCUT2D eigenvalue weighted by Crippen LogP contribution is 2.44. The first-order valence-electron chi connectivity index (χ1n) is 13.4. The number of amides is 1. The Morgan fingerprint density at radius 3 is 1.91 bits per heavy atom. The molecule has 2 aromatic rings. The van der Waals surface area contributed by atoms with Crippen molar-refractivity contribution in [2.45, 2.75) is 52.4 Å². The van der Waals surface area contributed by atoms with E-state index in [-0.39, 0.29) is 24.6 Å². The van der Waals surface area contributed by atoms with E-state index >= 15 is 0 Å². The van der Waals surface area contributed by atoms with E-state index in [1.54, 1.807) is 13.8 Å². The van der Waals surface area contributed by atoms with Crippen LogP contribution in [0.2, 0.25) is 0 Å². The van der Waals surface area contributed by atoms with Gasteiger partial charge in [0.05, 0.1) is 28.9 Å². The standard InChI is InChI=1S/C29H31N3O13/c1-17(45-28(37)44-16-19-7-11-21(12-8-19)32(40)41)23-24(29(2,3)14-13-22(33)42-4)30(25(23)34)26(35)27(36)43-15-18-5-9-20(10-6-18)31(38)39/h5-14,17,23-24,26,35H,15-16H2,1-4H3/b14-13+. The van der Waals surface area contributed by atoms with Crippen LogP contribution >= 0.6 is 0 Å². The Kier molecular flexibility index (Phi) is 10.9. The molecule has 1 saturated heterocycles. The number of nitrogens with zero attached hydrogens (tertiary/aromatic N) is 3. The number of hydrogen-bond acceptors (Lipinski definition) is 13. The molecule has 45 heavy (non-hydrogen) atoms. The molecule has 0 saturated carbocycles. The van der Waals surface area contributed by atoms with Gasteiger partial charge in [0, 0.05) is 35.8 Å². The molecule has 0 aliphatic carbocycles. The number of β-lactam (4-membered cyclic amide) rings is 1. The Morgan fingerprint density at radius 1 is 0.956 bits per heavy atom. The minimum Gasteiger partial charge on any atom is -0.466 e. The second-order valence-electron chi connectivity index (χ2n) is 10.6. The molecule has 16 heteroatoms. The van der Waals surface area contributed by atoms with Gasteiger partial charge in [-0.1, -0.05) is 19.9 Å². The van der Waals surface area contributed by atoms with Crippen LogP contribution in [-0.4, -0.2) is 69.3 Å². The maximum Gasteiger partial charge on any atom is 0.508 e. The normalized spacial score (nSPS) is 17.5. The van der Waals surface area contributed by atoms with E-state index in [1.807, 2.05) is 0 Å². The molecule has 1 heterocycles. The molecule has 4 atom stereocenters. The quantitative estimate of drug-likeness (QED) is 0.0842. The van der Waals surface area contributed by atoms with Crippen molar-refractivity contribution in [3.05, 3.63) is 92.0 Å². The largest absolute Gasteiger partial charge is 0.508 e. The van der Waals surface area contributed by atoms with Gasteiger partial charge in [0.1, 0.15) is 19.3 Å². The maximum absolute atomic E-state index is 13.3. The van der Waals surface area contributed by atoms with Crippen molar-refractivity contribution in [2.75, 3.05) is 7.11 Å². The molecule has 0 bridgehead atoms. The number of carbonyl (C=O) groups is 4. The van der Waals surface area contributed by atoms with Gasteiger partial charge in [0.2, 0.25) is 12.1 Å². The maximum atomic E-state index is 13.3. The number of ether oxygens (including phenoxy) is 4. The molecule has 16 nitrogen and oxygen atoms in total. The number of hydrogen-bond donors (Lipinski definition) is 1. The number of nitro groups is 2. The van der Waals surface area contributed by atoms with Crippen LogP contribution in [0.15, 0.2) is 60.7 Å². The Morgan fingerprint density at radius 2 is 1.44 bits per heavy atom. The second kappa shape index (κ2) is 14.4. The van der Waals surface area contributed by atoms with E-state index in [0.717, 1.165) is 11.0 Å². The number of esters is 2. The molecule has 0 aromatic heterocycles. The highest BCUT2D eigenvalue weighted by Gasteiger charge is 2.60. The first-order chi connectivity index (χ1) is 21.2. The number of methoxy groups -OCH3 is 1. The lowest BCUT2D eigenvalue weighted by Gasteiger charge is -2.55. The molecule has 4 unspecified atom stereocenters. The first-order valence-corrected chi connectivity index (χ1v) is 13.4. The average Bonchev–Trinajstić information content (AvgIpc) is 3.00. The summed E-state index contributed by atoms with van der Waals surface area (Å²) in [4.78, 5) is 71.7. The van der Waals surface area contributed by atoms with Gasteiger partial charge in [-0.05, 0) is 42.3 Å². The third kappa shape index (κ3) is 8.38. The van der Waals surface area contributed by atoms with Crippen LogP contribution in [0, 0.1) is 31.6 Å². The SMILES string of the molecule is COC(=O)/C=C/C(C)(C)C1C(C(C)OC(=O)OCc2ccc([N+](=O)[O-])cc2)C(=O)N1C(O)C(=O)OCc1ccc([N+](=O)[O-])cc1. The molecule has 1 fully saturated rings. The Labute approximate surface area is 256 Å². The molecule has 1 aliphatic rings. The predicted octanol–water partition coefficient (Wildman–Crippen LogP) is 3.19. The third-order valence-corrected chi connectivity index (χ3v) is 7.09. The Bertz CT molecular complexity index is 1470. The molecule has 2 aromatic carbocycles. The summed E-state index contributed by atoms with van der Waals surface area (Å²) >= 11 is 0. The van der Waals surface area contributed by atoms with Gasteiger partial charge in [0.15, 0.2) is 0 Å². The lowest BCUT2D eigenvalue weighted by Crippen LogP contribution is -2.72. The van der Waals surface area contributed by atoms with Gasteiger partial charge < -0.3 is 29.0 Å². The van der Waals surface area contributed by atoms with Crippen molar-refractivity contribution < 1.29 is 53.1 Å². The number of nitro benzene ring substituents is 2. The zero-order valence-electron chi connectivity index (χ0n) is 24.7. The number of rotatable bonds is 13. The summed E-state index contributed by atoms with van der Waals surface area (Å²) in [7, 11) is 1.17. The number of carbonyl (C=O) groups excluding carboxylic acids is 4. The van der Waals surface area contributed by atoms with Gasteiger partial charge >= 0.3 is 18.1 Å². The van der Waals surface area contributed by atoms with Crippen molar-refractivity contribution in [3.63, 3.8) is 0 Å². The van der Waals surface area contributed by atoms with Crippen molar-refractivity contribution in [1.82, 2.24) is 4.90 Å². The molecule has 240 valence electrons. The van der Waals surface area contributed by atoms with Crippen LogP contribution in [0.3, 0.4) is 0 Å². The lowest BCUT2D eigenvalue weighted by molar-refractivity contribution is -0.385. The summed E-state index contributed by atoms with van der Waals surface area (Å²) in [6, 6.07) is 9.45. The zero-order valence-corrected chi connectivity index (χ0v) is 24.7. The zero-order chi connectivity index (χ0) is 33.5. The highest BCUT2D eigenvalue weighted by atomic mass is 16.7. The lowest BCUT2D eigenvalue weighted by atomic mass is 9.68. The molecular weight excluding hydrogens is 598 g/mol. The van der Waals surface area contributed by atoms with Crippen LogP contribution in [-0.2, 0) is 46.5 Å². The van der Waals surface area contributed by atoms with Gasteiger partial charge in [-0.25, -0.2) is 14.4 Å². The van der Waals surface area contributed by atoms with Gasteiger partial charge in [-0.2, -0.15) is 0 Å². The van der Waals surface area contributed by atoms with E-state index in [1.165, 1.54) is 68.6 Å². The summed E-state index contributed by atoms with van der Waals surface area (Å²) in [5.74, 6) is -3.73. The van der Waals surface area contributed by atoms with E-state index in [2.05, 4.69) is 4.74 Å². The van der Waals surface area contributed by atoms with Crippen molar-refractivity contribution in [2.24, 2.45) is 11.3 Å². The fraction of sp³-hybridized carbons (Fsp3) is 0.379. The van der Waals surface area contributed by atoms with Gasteiger partial charge in [-0.3, -0.25) is 25.0 Å². The van der Waals surface area contributed by atoms with Crippen molar-refractivity contribution in [1.29, 1.82) is 0 Å². The minimum absolute atomic E-state index is 0.143. The van der Waals surface area contributed by atoms with Crippen molar-refractivity contribution >= 4 is 35.4 Å². The number of likely N-dealkylation sites (tertiary alicyclic amines) is 1. The van der Waals surface area contributed by atoms with Crippen LogP contribution in [0.1, 0.15) is 31.9 Å². The monoisotopic (exact) mass is 629 g/mol. The van der Waals surface area contributed by atoms with Crippen LogP contribution in [0.25, 0.3) is 0 Å². The molecule has 0 spiro atoms. The average molecular weight is 630 g/mol. The number of benzene rings is 2. The summed E-state index contributed by atoms with van der Waals surface area (Å²) < 4.78 is 20.2. The van der Waals surface area contributed by atoms with E-state index < -0.39 is 63.6 Å². The molecule has 0 radical (unpaired) electrons. The highest BCUT2D eigenvalue weighted by molar-refractivity contribution is 5.91. The second-order valence-corrected chi connectivity index (χ2v) is 10.6. The Hall–Kier alpha value is -5.38. The Balaban J connectivity index is 1.72. The van der Waals surface area contributed by atoms with Crippen LogP contribution < -0.4 is 0 Å². The van der Waals surface area contributed by atoms with Gasteiger partial charge in [-0.15, -0.1) is 0 Å². The number of non-ortho nitro benzene ring substituents is 2. The topological polar surface area (TPSA) is 215 Å². The van der Waals surface area contributed by atoms with E-state index in [9.17, 15) is 44.5 Å². The molecule has 1 aliphatic heterocycles. The molecule has 1 N–H and O–H groups in total. The van der Waals surface area contributed by atoms with Crippen LogP contribution in [0.5, 0.6) is 0 Å². The van der Waals surface area contributed by atoms with Crippen LogP contribution in [0.4, 0.5) is 16.2 Å². The summed E-state index contributed by atoms with van der Waals surface area (Å²) in [5, 5.41) is 32.5. The fourth-order valence-corrected chi connectivity index (χ4v) is 4.71. The third-order valence-electron chi connectivity index (χ3n) is 7.09. The number of aliphatic hydroxyl groups is 1. The van der Waals surface area contributed by atoms with E-state index in [0.29, 0.717) is 11.1 Å². The first kappa shape index (κ1) is 34.1. The van der Waals surface area contributed by atoms with Gasteiger partial charge in [0.25, 0.3) is 11.4 Å². The minimum atomic E-state index is -2.08. The molecule has 1 amide bonds. The summed E-state index contributed by atoms with van der Waals surface area (Å²) in [5.41, 5.74) is -0.569. The smallest absolute Gasteiger partial charge is 0.466 e.